The van der Waals surface area contributed by atoms with E-state index in [1.54, 1.807) is 24.3 Å². The van der Waals surface area contributed by atoms with Crippen LogP contribution in [0.2, 0.25) is 5.02 Å². The third-order valence-electron chi connectivity index (χ3n) is 4.96. The Morgan fingerprint density at radius 2 is 1.81 bits per heavy atom. The van der Waals surface area contributed by atoms with Crippen molar-refractivity contribution in [2.75, 3.05) is 18.8 Å². The molecule has 1 fully saturated rings. The van der Waals surface area contributed by atoms with Crippen LogP contribution in [-0.2, 0) is 4.79 Å². The van der Waals surface area contributed by atoms with E-state index in [2.05, 4.69) is 31.2 Å². The number of amides is 1. The van der Waals surface area contributed by atoms with Crippen LogP contribution in [0.15, 0.2) is 48.5 Å². The first-order valence-corrected chi connectivity index (χ1v) is 10.7. The Hall–Kier alpha value is -1.78. The number of thioether (sulfide) groups is 1. The van der Waals surface area contributed by atoms with Crippen LogP contribution in [0.4, 0.5) is 0 Å². The second-order valence-corrected chi connectivity index (χ2v) is 8.56. The molecule has 0 spiro atoms. The molecule has 1 aliphatic heterocycles. The minimum atomic E-state index is -0.0120. The monoisotopic (exact) mass is 401 g/mol. The number of nitrogens with zero attached hydrogens (tertiary/aromatic N) is 1. The lowest BCUT2D eigenvalue weighted by molar-refractivity contribution is -0.130. The number of halogens is 1. The molecule has 0 unspecified atom stereocenters. The summed E-state index contributed by atoms with van der Waals surface area (Å²) >= 11 is 7.77. The van der Waals surface area contributed by atoms with E-state index in [0.717, 1.165) is 25.3 Å². The lowest BCUT2D eigenvalue weighted by atomic mass is 10.0. The van der Waals surface area contributed by atoms with Crippen molar-refractivity contribution >= 4 is 35.1 Å². The molecular formula is C22H24ClNO2S. The van der Waals surface area contributed by atoms with Gasteiger partial charge < -0.3 is 4.90 Å². The minimum absolute atomic E-state index is 0.0120. The molecule has 1 aliphatic rings. The van der Waals surface area contributed by atoms with Crippen molar-refractivity contribution in [2.45, 2.75) is 31.4 Å². The molecule has 0 saturated carbocycles. The summed E-state index contributed by atoms with van der Waals surface area (Å²) in [6.45, 7) is 3.65. The van der Waals surface area contributed by atoms with Crippen LogP contribution in [-0.4, -0.2) is 35.4 Å². The van der Waals surface area contributed by atoms with Gasteiger partial charge in [0.05, 0.1) is 0 Å². The number of ketones is 1. The third kappa shape index (κ3) is 5.36. The first kappa shape index (κ1) is 20.0. The molecule has 1 heterocycles. The van der Waals surface area contributed by atoms with E-state index < -0.39 is 0 Å². The zero-order chi connectivity index (χ0) is 19.2. The van der Waals surface area contributed by atoms with Gasteiger partial charge in [-0.25, -0.2) is 0 Å². The number of hydrogen-bond donors (Lipinski definition) is 0. The van der Waals surface area contributed by atoms with Gasteiger partial charge in [-0.3, -0.25) is 9.59 Å². The minimum Gasteiger partial charge on any atom is -0.342 e. The molecule has 3 nitrogen and oxygen atoms in total. The van der Waals surface area contributed by atoms with Gasteiger partial charge in [-0.05, 0) is 48.7 Å². The summed E-state index contributed by atoms with van der Waals surface area (Å²) in [4.78, 5) is 26.8. The van der Waals surface area contributed by atoms with Crippen LogP contribution >= 0.6 is 23.4 Å². The van der Waals surface area contributed by atoms with Crippen LogP contribution < -0.4 is 0 Å². The summed E-state index contributed by atoms with van der Waals surface area (Å²) in [5, 5.41) is 1.03. The lowest BCUT2D eigenvalue weighted by Gasteiger charge is -2.20. The van der Waals surface area contributed by atoms with E-state index in [1.807, 2.05) is 16.7 Å². The van der Waals surface area contributed by atoms with Gasteiger partial charge in [-0.2, -0.15) is 11.8 Å². The Balaban J connectivity index is 1.53. The molecule has 142 valence electrons. The first-order valence-electron chi connectivity index (χ1n) is 9.28. The fourth-order valence-electron chi connectivity index (χ4n) is 3.37. The smallest absolute Gasteiger partial charge is 0.223 e. The maximum Gasteiger partial charge on any atom is 0.223 e. The maximum absolute atomic E-state index is 12.6. The number of Topliss-reactive ketones (excluding diaryl/α,β-unsaturated/α-hetero) is 1. The molecule has 1 atom stereocenters. The highest BCUT2D eigenvalue weighted by molar-refractivity contribution is 7.99. The van der Waals surface area contributed by atoms with Crippen molar-refractivity contribution in [3.05, 3.63) is 70.2 Å². The highest BCUT2D eigenvalue weighted by Crippen LogP contribution is 2.36. The average molecular weight is 402 g/mol. The van der Waals surface area contributed by atoms with Crippen molar-refractivity contribution in [3.8, 4) is 0 Å². The Morgan fingerprint density at radius 3 is 2.56 bits per heavy atom. The summed E-state index contributed by atoms with van der Waals surface area (Å²) in [7, 11) is 0. The molecule has 2 aromatic carbocycles. The van der Waals surface area contributed by atoms with E-state index in [0.29, 0.717) is 15.8 Å². The zero-order valence-corrected chi connectivity index (χ0v) is 17.1. The van der Waals surface area contributed by atoms with Crippen molar-refractivity contribution in [1.29, 1.82) is 0 Å². The Morgan fingerprint density at radius 1 is 1.07 bits per heavy atom. The molecule has 0 aromatic heterocycles. The zero-order valence-electron chi connectivity index (χ0n) is 15.5. The molecule has 27 heavy (non-hydrogen) atoms. The molecule has 0 radical (unpaired) electrons. The van der Waals surface area contributed by atoms with Crippen LogP contribution in [0.3, 0.4) is 0 Å². The fourth-order valence-corrected chi connectivity index (χ4v) is 4.83. The largest absolute Gasteiger partial charge is 0.342 e. The quantitative estimate of drug-likeness (QED) is 0.636. The SMILES string of the molecule is Cc1ccccc1[C@@H]1CCN(C(=O)CCC(=O)c2ccc(Cl)cc2)CCS1. The number of carbonyl (C=O) groups is 2. The standard InChI is InChI=1S/C22H24ClNO2S/c1-16-4-2-3-5-19(16)21-12-13-24(14-15-27-21)22(26)11-10-20(25)17-6-8-18(23)9-7-17/h2-9,21H,10-15H2,1H3/t21-/m0/s1. The predicted molar refractivity (Wildman–Crippen MR) is 113 cm³/mol. The van der Waals surface area contributed by atoms with E-state index in [1.165, 1.54) is 11.1 Å². The molecule has 5 heteroatoms. The van der Waals surface area contributed by atoms with Crippen molar-refractivity contribution in [1.82, 2.24) is 4.90 Å². The number of carbonyl (C=O) groups excluding carboxylic acids is 2. The van der Waals surface area contributed by atoms with Gasteiger partial charge >= 0.3 is 0 Å². The van der Waals surface area contributed by atoms with Crippen LogP contribution in [0, 0.1) is 6.92 Å². The van der Waals surface area contributed by atoms with Gasteiger partial charge in [0.25, 0.3) is 0 Å². The van der Waals surface area contributed by atoms with E-state index >= 15 is 0 Å². The number of benzene rings is 2. The lowest BCUT2D eigenvalue weighted by Crippen LogP contribution is -2.33. The highest BCUT2D eigenvalue weighted by atomic mass is 35.5. The van der Waals surface area contributed by atoms with Crippen LogP contribution in [0.5, 0.6) is 0 Å². The van der Waals surface area contributed by atoms with Gasteiger partial charge in [0.15, 0.2) is 5.78 Å². The van der Waals surface area contributed by atoms with Gasteiger partial charge in [0.1, 0.15) is 0 Å². The van der Waals surface area contributed by atoms with E-state index in [9.17, 15) is 9.59 Å². The molecule has 0 aliphatic carbocycles. The summed E-state index contributed by atoms with van der Waals surface area (Å²) in [6.07, 6.45) is 1.46. The highest BCUT2D eigenvalue weighted by Gasteiger charge is 2.23. The van der Waals surface area contributed by atoms with Crippen molar-refractivity contribution < 1.29 is 9.59 Å². The van der Waals surface area contributed by atoms with Gasteiger partial charge in [0, 0.05) is 47.5 Å². The number of aryl methyl sites for hydroxylation is 1. The fraction of sp³-hybridized carbons (Fsp3) is 0.364. The van der Waals surface area contributed by atoms with Gasteiger partial charge in [-0.1, -0.05) is 35.9 Å². The normalized spacial score (nSPS) is 17.4. The van der Waals surface area contributed by atoms with E-state index in [-0.39, 0.29) is 24.5 Å². The average Bonchev–Trinajstić information content (AvgIpc) is 2.93. The van der Waals surface area contributed by atoms with Crippen molar-refractivity contribution in [2.24, 2.45) is 0 Å². The molecule has 1 amide bonds. The second-order valence-electron chi connectivity index (χ2n) is 6.82. The summed E-state index contributed by atoms with van der Waals surface area (Å²) in [6, 6.07) is 15.3. The molecule has 2 aromatic rings. The number of rotatable bonds is 5. The first-order chi connectivity index (χ1) is 13.0. The second kappa shape index (κ2) is 9.43. The van der Waals surface area contributed by atoms with Gasteiger partial charge in [-0.15, -0.1) is 0 Å². The summed E-state index contributed by atoms with van der Waals surface area (Å²) in [5.74, 6) is 0.987. The Kier molecular flexibility index (Phi) is 6.97. The molecule has 1 saturated heterocycles. The van der Waals surface area contributed by atoms with E-state index in [4.69, 9.17) is 11.6 Å². The van der Waals surface area contributed by atoms with Crippen LogP contribution in [0.25, 0.3) is 0 Å². The Bertz CT molecular complexity index is 806. The summed E-state index contributed by atoms with van der Waals surface area (Å²) < 4.78 is 0. The summed E-state index contributed by atoms with van der Waals surface area (Å²) in [5.41, 5.74) is 3.29. The Labute approximate surface area is 170 Å². The number of hydrogen-bond acceptors (Lipinski definition) is 3. The molecule has 0 bridgehead atoms. The predicted octanol–water partition coefficient (Wildman–Crippen LogP) is 5.32. The molecule has 3 rings (SSSR count). The molecular weight excluding hydrogens is 378 g/mol. The van der Waals surface area contributed by atoms with Crippen LogP contribution in [0.1, 0.15) is 46.0 Å². The third-order valence-corrected chi connectivity index (χ3v) is 6.52. The maximum atomic E-state index is 12.6. The topological polar surface area (TPSA) is 37.4 Å². The van der Waals surface area contributed by atoms with Crippen molar-refractivity contribution in [3.63, 3.8) is 0 Å². The molecule has 0 N–H and O–H groups in total. The van der Waals surface area contributed by atoms with Gasteiger partial charge in [0.2, 0.25) is 5.91 Å².